The molecular weight excluding hydrogens is 384 g/mol. The maximum Gasteiger partial charge on any atom is 0.334 e. The summed E-state index contributed by atoms with van der Waals surface area (Å²) in [6.45, 7) is 26.7. The van der Waals surface area contributed by atoms with E-state index in [1.807, 2.05) is 6.92 Å². The molecule has 0 spiro atoms. The van der Waals surface area contributed by atoms with Crippen LogP contribution < -0.4 is 0 Å². The summed E-state index contributed by atoms with van der Waals surface area (Å²) in [6.07, 6.45) is 4.22. The molecule has 0 radical (unpaired) electrons. The predicted octanol–water partition coefficient (Wildman–Crippen LogP) is 7.04. The predicted molar refractivity (Wildman–Crippen MR) is 125 cm³/mol. The number of hydrogen-bond acceptors (Lipinski definition) is 4. The van der Waals surface area contributed by atoms with E-state index < -0.39 is 16.6 Å². The first-order chi connectivity index (χ1) is 12.5. The fourth-order valence-corrected chi connectivity index (χ4v) is 4.79. The molecule has 1 unspecified atom stereocenters. The molecule has 0 aromatic carbocycles. The minimum atomic E-state index is -2.02. The Labute approximate surface area is 176 Å². The Hall–Kier alpha value is -0.596. The standard InChI is InChI=1S/C22H46O4Si2/c1-13-18(25-27(9,10)21(3,4)5)15-16-19(17-20(23)24-14-2)26-28(11,12)22(6,7)8/h17-18H,13-16H2,1-12H3/b19-17-. The van der Waals surface area contributed by atoms with Crippen molar-refractivity contribution in [3.8, 4) is 0 Å². The van der Waals surface area contributed by atoms with Gasteiger partial charge < -0.3 is 13.6 Å². The zero-order valence-electron chi connectivity index (χ0n) is 20.6. The number of ether oxygens (including phenoxy) is 1. The van der Waals surface area contributed by atoms with Crippen LogP contribution in [-0.2, 0) is 18.4 Å². The first-order valence-electron chi connectivity index (χ1n) is 10.7. The highest BCUT2D eigenvalue weighted by molar-refractivity contribution is 6.74. The topological polar surface area (TPSA) is 44.8 Å². The fourth-order valence-electron chi connectivity index (χ4n) is 2.19. The Balaban J connectivity index is 5.36. The van der Waals surface area contributed by atoms with Crippen LogP contribution in [-0.4, -0.2) is 35.3 Å². The van der Waals surface area contributed by atoms with E-state index in [9.17, 15) is 4.79 Å². The summed E-state index contributed by atoms with van der Waals surface area (Å²) in [6, 6.07) is 0. The van der Waals surface area contributed by atoms with E-state index in [2.05, 4.69) is 74.7 Å². The van der Waals surface area contributed by atoms with Crippen LogP contribution in [0.15, 0.2) is 11.8 Å². The van der Waals surface area contributed by atoms with Gasteiger partial charge in [0.2, 0.25) is 8.32 Å². The molecule has 0 N–H and O–H groups in total. The van der Waals surface area contributed by atoms with Crippen molar-refractivity contribution in [2.24, 2.45) is 0 Å². The van der Waals surface area contributed by atoms with Crippen LogP contribution >= 0.6 is 0 Å². The average Bonchev–Trinajstić information content (AvgIpc) is 2.48. The van der Waals surface area contributed by atoms with Gasteiger partial charge in [0.25, 0.3) is 0 Å². The minimum absolute atomic E-state index is 0.0720. The lowest BCUT2D eigenvalue weighted by Gasteiger charge is -2.40. The summed E-state index contributed by atoms with van der Waals surface area (Å²) in [5, 5.41) is 0.254. The van der Waals surface area contributed by atoms with E-state index in [-0.39, 0.29) is 22.1 Å². The van der Waals surface area contributed by atoms with Gasteiger partial charge in [0.15, 0.2) is 8.32 Å². The summed E-state index contributed by atoms with van der Waals surface area (Å²) in [4.78, 5) is 12.1. The van der Waals surface area contributed by atoms with Gasteiger partial charge >= 0.3 is 5.97 Å². The van der Waals surface area contributed by atoms with Gasteiger partial charge in [-0.3, -0.25) is 0 Å². The van der Waals surface area contributed by atoms with Crippen LogP contribution in [0.25, 0.3) is 0 Å². The van der Waals surface area contributed by atoms with Crippen molar-refractivity contribution >= 4 is 22.6 Å². The van der Waals surface area contributed by atoms with Gasteiger partial charge in [0.1, 0.15) is 0 Å². The molecule has 0 aliphatic carbocycles. The molecule has 0 aromatic rings. The molecule has 0 aliphatic heterocycles. The van der Waals surface area contributed by atoms with Crippen molar-refractivity contribution in [3.63, 3.8) is 0 Å². The second-order valence-corrected chi connectivity index (χ2v) is 20.2. The highest BCUT2D eigenvalue weighted by Gasteiger charge is 2.40. The van der Waals surface area contributed by atoms with Crippen LogP contribution in [0.4, 0.5) is 0 Å². The molecular formula is C22H46O4Si2. The molecule has 0 fully saturated rings. The molecule has 0 amide bonds. The number of allylic oxidation sites excluding steroid dienone is 1. The fraction of sp³-hybridized carbons (Fsp3) is 0.864. The Bertz CT molecular complexity index is 526. The maximum atomic E-state index is 12.1. The third kappa shape index (κ3) is 8.83. The molecule has 1 atom stereocenters. The largest absolute Gasteiger partial charge is 0.546 e. The molecule has 0 bridgehead atoms. The number of rotatable bonds is 10. The van der Waals surface area contributed by atoms with E-state index in [4.69, 9.17) is 13.6 Å². The number of carbonyl (C=O) groups is 1. The van der Waals surface area contributed by atoms with E-state index in [1.54, 1.807) is 6.08 Å². The van der Waals surface area contributed by atoms with Crippen molar-refractivity contribution in [3.05, 3.63) is 11.8 Å². The lowest BCUT2D eigenvalue weighted by atomic mass is 10.1. The van der Waals surface area contributed by atoms with Crippen molar-refractivity contribution in [2.45, 2.75) is 117 Å². The van der Waals surface area contributed by atoms with Crippen LogP contribution in [0.1, 0.15) is 74.7 Å². The molecule has 0 saturated heterocycles. The molecule has 0 aromatic heterocycles. The van der Waals surface area contributed by atoms with E-state index in [0.29, 0.717) is 13.0 Å². The first kappa shape index (κ1) is 27.4. The minimum Gasteiger partial charge on any atom is -0.546 e. The molecule has 4 nitrogen and oxygen atoms in total. The highest BCUT2D eigenvalue weighted by Crippen LogP contribution is 2.40. The summed E-state index contributed by atoms with van der Waals surface area (Å²) < 4.78 is 18.2. The van der Waals surface area contributed by atoms with Gasteiger partial charge in [-0.05, 0) is 56.0 Å². The average molecular weight is 431 g/mol. The van der Waals surface area contributed by atoms with E-state index >= 15 is 0 Å². The molecule has 0 rings (SSSR count). The monoisotopic (exact) mass is 430 g/mol. The Morgan fingerprint density at radius 1 is 0.929 bits per heavy atom. The Morgan fingerprint density at radius 2 is 1.43 bits per heavy atom. The van der Waals surface area contributed by atoms with E-state index in [1.165, 1.54) is 0 Å². The van der Waals surface area contributed by atoms with Crippen LogP contribution in [0.5, 0.6) is 0 Å². The smallest absolute Gasteiger partial charge is 0.334 e. The molecule has 0 aliphatic rings. The summed E-state index contributed by atoms with van der Waals surface area (Å²) >= 11 is 0. The van der Waals surface area contributed by atoms with Gasteiger partial charge in [-0.25, -0.2) is 4.79 Å². The highest BCUT2D eigenvalue weighted by atomic mass is 28.4. The number of esters is 1. The van der Waals surface area contributed by atoms with Crippen molar-refractivity contribution in [1.29, 1.82) is 0 Å². The van der Waals surface area contributed by atoms with Crippen LogP contribution in [0, 0.1) is 0 Å². The van der Waals surface area contributed by atoms with Gasteiger partial charge in [0.05, 0.1) is 18.4 Å². The quantitative estimate of drug-likeness (QED) is 0.161. The van der Waals surface area contributed by atoms with Crippen LogP contribution in [0.3, 0.4) is 0 Å². The lowest BCUT2D eigenvalue weighted by molar-refractivity contribution is -0.137. The van der Waals surface area contributed by atoms with Gasteiger partial charge in [-0.15, -0.1) is 0 Å². The van der Waals surface area contributed by atoms with Crippen molar-refractivity contribution < 1.29 is 18.4 Å². The summed E-state index contributed by atoms with van der Waals surface area (Å²) in [5.74, 6) is 0.414. The lowest BCUT2D eigenvalue weighted by Crippen LogP contribution is -2.44. The second kappa shape index (κ2) is 10.4. The van der Waals surface area contributed by atoms with Crippen molar-refractivity contribution in [1.82, 2.24) is 0 Å². The van der Waals surface area contributed by atoms with Crippen molar-refractivity contribution in [2.75, 3.05) is 6.61 Å². The Kier molecular flexibility index (Phi) is 10.2. The maximum absolute atomic E-state index is 12.1. The van der Waals surface area contributed by atoms with Gasteiger partial charge in [-0.2, -0.15) is 0 Å². The molecule has 6 heteroatoms. The molecule has 166 valence electrons. The SMILES string of the molecule is CCOC(=O)/C=C(/CCC(CC)O[Si](C)(C)C(C)(C)C)O[Si](C)(C)C(C)(C)C. The third-order valence-corrected chi connectivity index (χ3v) is 15.1. The second-order valence-electron chi connectivity index (χ2n) is 10.7. The number of hydrogen-bond donors (Lipinski definition) is 0. The molecule has 0 heterocycles. The molecule has 0 saturated carbocycles. The first-order valence-corrected chi connectivity index (χ1v) is 16.5. The zero-order chi connectivity index (χ0) is 22.4. The Morgan fingerprint density at radius 3 is 1.82 bits per heavy atom. The zero-order valence-corrected chi connectivity index (χ0v) is 22.6. The normalized spacial score (nSPS) is 15.4. The summed E-state index contributed by atoms with van der Waals surface area (Å²) in [7, 11) is -3.85. The summed E-state index contributed by atoms with van der Waals surface area (Å²) in [5.41, 5.74) is 0. The third-order valence-electron chi connectivity index (χ3n) is 6.19. The van der Waals surface area contributed by atoms with Gasteiger partial charge in [-0.1, -0.05) is 48.5 Å². The molecule has 28 heavy (non-hydrogen) atoms. The van der Waals surface area contributed by atoms with E-state index in [0.717, 1.165) is 18.6 Å². The van der Waals surface area contributed by atoms with Gasteiger partial charge in [0, 0.05) is 12.5 Å². The van der Waals surface area contributed by atoms with Crippen LogP contribution in [0.2, 0.25) is 36.3 Å². The number of carbonyl (C=O) groups excluding carboxylic acids is 1.